The maximum absolute atomic E-state index is 13.3. The summed E-state index contributed by atoms with van der Waals surface area (Å²) in [6.07, 6.45) is 0. The Morgan fingerprint density at radius 2 is 1.96 bits per heavy atom. The highest BCUT2D eigenvalue weighted by Gasteiger charge is 2.20. The van der Waals surface area contributed by atoms with Gasteiger partial charge in [0.05, 0.1) is 6.54 Å². The molecule has 0 aromatic heterocycles. The van der Waals surface area contributed by atoms with Crippen molar-refractivity contribution in [2.45, 2.75) is 33.4 Å². The zero-order valence-electron chi connectivity index (χ0n) is 15.8. The molecule has 0 aliphatic carbocycles. The van der Waals surface area contributed by atoms with Gasteiger partial charge >= 0.3 is 0 Å². The fourth-order valence-corrected chi connectivity index (χ4v) is 3.04. The highest BCUT2D eigenvalue weighted by atomic mass is 19.1. The maximum atomic E-state index is 13.3. The summed E-state index contributed by atoms with van der Waals surface area (Å²) < 4.78 is 13.3. The predicted octanol–water partition coefficient (Wildman–Crippen LogP) is 1.91. The number of piperazine rings is 1. The summed E-state index contributed by atoms with van der Waals surface area (Å²) in [6, 6.07) is 7.06. The van der Waals surface area contributed by atoms with Crippen LogP contribution in [0.5, 0.6) is 0 Å². The fourth-order valence-electron chi connectivity index (χ4n) is 3.04. The molecule has 1 heterocycles. The van der Waals surface area contributed by atoms with E-state index in [4.69, 9.17) is 0 Å². The van der Waals surface area contributed by atoms with Crippen LogP contribution in [0.25, 0.3) is 0 Å². The Labute approximate surface area is 151 Å². The summed E-state index contributed by atoms with van der Waals surface area (Å²) in [5, 5.41) is 6.68. The number of nitrogens with zero attached hydrogens (tertiary/aromatic N) is 3. The minimum atomic E-state index is -0.217. The number of guanidine groups is 1. The first-order chi connectivity index (χ1) is 12.1. The number of halogens is 1. The van der Waals surface area contributed by atoms with Crippen LogP contribution >= 0.6 is 0 Å². The third kappa shape index (κ3) is 6.63. The van der Waals surface area contributed by atoms with Crippen molar-refractivity contribution in [1.82, 2.24) is 20.4 Å². The Kier molecular flexibility index (Phi) is 8.15. The number of rotatable bonds is 7. The van der Waals surface area contributed by atoms with Gasteiger partial charge in [0.15, 0.2) is 5.96 Å². The van der Waals surface area contributed by atoms with Crippen molar-refractivity contribution in [3.63, 3.8) is 0 Å². The maximum Gasteiger partial charge on any atom is 0.191 e. The van der Waals surface area contributed by atoms with Crippen LogP contribution in [0.2, 0.25) is 0 Å². The van der Waals surface area contributed by atoms with E-state index >= 15 is 0 Å². The predicted molar refractivity (Wildman–Crippen MR) is 102 cm³/mol. The van der Waals surface area contributed by atoms with Gasteiger partial charge in [0.2, 0.25) is 0 Å². The fraction of sp³-hybridized carbons (Fsp3) is 0.632. The summed E-state index contributed by atoms with van der Waals surface area (Å²) in [5.41, 5.74) is 0.876. The number of nitrogens with one attached hydrogen (secondary N) is 2. The Morgan fingerprint density at radius 3 is 2.60 bits per heavy atom. The van der Waals surface area contributed by atoms with Crippen LogP contribution in [0.3, 0.4) is 0 Å². The summed E-state index contributed by atoms with van der Waals surface area (Å²) in [6.45, 7) is 14.3. The van der Waals surface area contributed by atoms with Gasteiger partial charge in [-0.1, -0.05) is 19.1 Å². The van der Waals surface area contributed by atoms with E-state index in [0.717, 1.165) is 57.3 Å². The second kappa shape index (κ2) is 10.4. The number of hydrogen-bond donors (Lipinski definition) is 2. The van der Waals surface area contributed by atoms with Crippen molar-refractivity contribution in [1.29, 1.82) is 0 Å². The molecule has 0 amide bonds. The number of aliphatic imine (C=N–C) groups is 1. The minimum absolute atomic E-state index is 0.217. The van der Waals surface area contributed by atoms with E-state index in [9.17, 15) is 4.39 Å². The first-order valence-electron chi connectivity index (χ1n) is 9.35. The molecule has 1 aromatic carbocycles. The molecule has 0 saturated carbocycles. The normalized spacial score (nSPS) is 18.2. The molecule has 25 heavy (non-hydrogen) atoms. The molecule has 1 aliphatic rings. The quantitative estimate of drug-likeness (QED) is 0.583. The largest absolute Gasteiger partial charge is 0.357 e. The minimum Gasteiger partial charge on any atom is -0.357 e. The topological polar surface area (TPSA) is 42.9 Å². The summed E-state index contributed by atoms with van der Waals surface area (Å²) in [7, 11) is 0. The van der Waals surface area contributed by atoms with Crippen molar-refractivity contribution < 1.29 is 4.39 Å². The van der Waals surface area contributed by atoms with E-state index < -0.39 is 0 Å². The average molecular weight is 349 g/mol. The van der Waals surface area contributed by atoms with E-state index in [1.165, 1.54) is 12.1 Å². The van der Waals surface area contributed by atoms with Crippen LogP contribution in [-0.2, 0) is 6.54 Å². The number of likely N-dealkylation sites (N-methyl/N-ethyl adjacent to an activating group) is 1. The zero-order valence-corrected chi connectivity index (χ0v) is 15.8. The first-order valence-corrected chi connectivity index (χ1v) is 9.35. The average Bonchev–Trinajstić information content (AvgIpc) is 2.64. The molecule has 1 aliphatic heterocycles. The van der Waals surface area contributed by atoms with Gasteiger partial charge in [-0.15, -0.1) is 0 Å². The van der Waals surface area contributed by atoms with Gasteiger partial charge < -0.3 is 15.5 Å². The summed E-state index contributed by atoms with van der Waals surface area (Å²) in [4.78, 5) is 9.58. The first kappa shape index (κ1) is 19.7. The molecule has 6 heteroatoms. The van der Waals surface area contributed by atoms with E-state index in [0.29, 0.717) is 12.6 Å². The van der Waals surface area contributed by atoms with Crippen molar-refractivity contribution in [3.05, 3.63) is 35.6 Å². The third-order valence-corrected chi connectivity index (χ3v) is 4.70. The van der Waals surface area contributed by atoms with E-state index in [2.05, 4.69) is 39.3 Å². The van der Waals surface area contributed by atoms with Gasteiger partial charge in [-0.05, 0) is 38.1 Å². The molecule has 1 saturated heterocycles. The lowest BCUT2D eigenvalue weighted by Crippen LogP contribution is -2.53. The second-order valence-electron chi connectivity index (χ2n) is 6.53. The SMILES string of the molecule is CCNC(=NCc1cccc(F)c1)NCC(C)N1CCN(CC)CC1. The smallest absolute Gasteiger partial charge is 0.191 e. The highest BCUT2D eigenvalue weighted by Crippen LogP contribution is 2.06. The van der Waals surface area contributed by atoms with Crippen LogP contribution in [-0.4, -0.2) is 67.6 Å². The molecule has 1 atom stereocenters. The molecular formula is C19H32FN5. The van der Waals surface area contributed by atoms with Crippen molar-refractivity contribution in [3.8, 4) is 0 Å². The standard InChI is InChI=1S/C19H32FN5/c1-4-21-19(23-15-17-7-6-8-18(20)13-17)22-14-16(3)25-11-9-24(5-2)10-12-25/h6-8,13,16H,4-5,9-12,14-15H2,1-3H3,(H2,21,22,23). The molecule has 1 unspecified atom stereocenters. The molecule has 2 rings (SSSR count). The third-order valence-electron chi connectivity index (χ3n) is 4.70. The Bertz CT molecular complexity index is 540. The van der Waals surface area contributed by atoms with Crippen LogP contribution in [0.1, 0.15) is 26.3 Å². The van der Waals surface area contributed by atoms with Crippen LogP contribution < -0.4 is 10.6 Å². The van der Waals surface area contributed by atoms with E-state index in [-0.39, 0.29) is 5.82 Å². The molecule has 2 N–H and O–H groups in total. The van der Waals surface area contributed by atoms with Crippen molar-refractivity contribution >= 4 is 5.96 Å². The molecule has 5 nitrogen and oxygen atoms in total. The van der Waals surface area contributed by atoms with Gasteiger partial charge in [-0.2, -0.15) is 0 Å². The lowest BCUT2D eigenvalue weighted by atomic mass is 10.2. The van der Waals surface area contributed by atoms with Crippen LogP contribution in [0.15, 0.2) is 29.3 Å². The summed E-state index contributed by atoms with van der Waals surface area (Å²) in [5.74, 6) is 0.566. The number of benzene rings is 1. The van der Waals surface area contributed by atoms with Crippen LogP contribution in [0.4, 0.5) is 4.39 Å². The highest BCUT2D eigenvalue weighted by molar-refractivity contribution is 5.79. The monoisotopic (exact) mass is 349 g/mol. The zero-order chi connectivity index (χ0) is 18.1. The van der Waals surface area contributed by atoms with Crippen LogP contribution in [0, 0.1) is 5.82 Å². The molecule has 1 aromatic rings. The van der Waals surface area contributed by atoms with E-state index in [1.807, 2.05) is 13.0 Å². The Morgan fingerprint density at radius 1 is 1.20 bits per heavy atom. The molecule has 0 bridgehead atoms. The molecule has 0 spiro atoms. The molecule has 140 valence electrons. The van der Waals surface area contributed by atoms with Gasteiger partial charge in [0.1, 0.15) is 5.82 Å². The Hall–Kier alpha value is -1.66. The lowest BCUT2D eigenvalue weighted by molar-refractivity contribution is 0.107. The van der Waals surface area contributed by atoms with Gasteiger partial charge in [0, 0.05) is 45.3 Å². The Balaban J connectivity index is 1.83. The van der Waals surface area contributed by atoms with Gasteiger partial charge in [-0.25, -0.2) is 9.38 Å². The van der Waals surface area contributed by atoms with Gasteiger partial charge in [0.25, 0.3) is 0 Å². The van der Waals surface area contributed by atoms with E-state index in [1.54, 1.807) is 6.07 Å². The molecule has 1 fully saturated rings. The number of hydrogen-bond acceptors (Lipinski definition) is 3. The molecule has 0 radical (unpaired) electrons. The lowest BCUT2D eigenvalue weighted by Gasteiger charge is -2.37. The van der Waals surface area contributed by atoms with Crippen molar-refractivity contribution in [2.24, 2.45) is 4.99 Å². The molecular weight excluding hydrogens is 317 g/mol. The van der Waals surface area contributed by atoms with Crippen molar-refractivity contribution in [2.75, 3.05) is 45.8 Å². The van der Waals surface area contributed by atoms with Gasteiger partial charge in [-0.3, -0.25) is 4.90 Å². The second-order valence-corrected chi connectivity index (χ2v) is 6.53. The summed E-state index contributed by atoms with van der Waals surface area (Å²) >= 11 is 0.